The molecular weight excluding hydrogens is 266 g/mol. The van der Waals surface area contributed by atoms with Gasteiger partial charge in [-0.2, -0.15) is 0 Å². The Hall–Kier alpha value is -2.43. The van der Waals surface area contributed by atoms with E-state index in [4.69, 9.17) is 0 Å². The molecule has 2 rings (SSSR count). The summed E-state index contributed by atoms with van der Waals surface area (Å²) in [6, 6.07) is 9.80. The second-order valence-corrected chi connectivity index (χ2v) is 5.36. The summed E-state index contributed by atoms with van der Waals surface area (Å²) in [4.78, 5) is 14.7. The summed E-state index contributed by atoms with van der Waals surface area (Å²) in [5.74, 6) is 1.02. The van der Waals surface area contributed by atoms with Crippen molar-refractivity contribution in [2.24, 2.45) is 0 Å². The van der Waals surface area contributed by atoms with Crippen molar-refractivity contribution in [1.29, 1.82) is 0 Å². The first kappa shape index (κ1) is 15.0. The van der Waals surface area contributed by atoms with E-state index in [1.807, 2.05) is 0 Å². The molecule has 5 nitrogen and oxygen atoms in total. The van der Waals surface area contributed by atoms with Crippen molar-refractivity contribution in [3.05, 3.63) is 63.3 Å². The van der Waals surface area contributed by atoms with Gasteiger partial charge in [-0.15, -0.1) is 0 Å². The van der Waals surface area contributed by atoms with Crippen LogP contribution in [0.2, 0.25) is 0 Å². The lowest BCUT2D eigenvalue weighted by Gasteiger charge is -2.09. The Morgan fingerprint density at radius 1 is 1.29 bits per heavy atom. The van der Waals surface area contributed by atoms with Gasteiger partial charge in [-0.1, -0.05) is 38.1 Å². The van der Waals surface area contributed by atoms with Crippen LogP contribution < -0.4 is 5.32 Å². The molecule has 2 aromatic rings. The largest absolute Gasteiger partial charge is 0.366 e. The number of hydrogen-bond donors (Lipinski definition) is 1. The highest BCUT2D eigenvalue weighted by molar-refractivity contribution is 5.49. The monoisotopic (exact) mass is 285 g/mol. The number of nitrogens with zero attached hydrogens (tertiary/aromatic N) is 2. The van der Waals surface area contributed by atoms with E-state index in [1.54, 1.807) is 6.92 Å². The Kier molecular flexibility index (Phi) is 4.52. The number of hydrogen-bond acceptors (Lipinski definition) is 4. The van der Waals surface area contributed by atoms with Crippen LogP contribution >= 0.6 is 0 Å². The van der Waals surface area contributed by atoms with Gasteiger partial charge in [0, 0.05) is 18.3 Å². The number of pyridine rings is 1. The maximum atomic E-state index is 10.9. The summed E-state index contributed by atoms with van der Waals surface area (Å²) in [6.07, 6.45) is 1.52. The molecule has 1 aromatic carbocycles. The van der Waals surface area contributed by atoms with Crippen molar-refractivity contribution >= 4 is 11.5 Å². The van der Waals surface area contributed by atoms with Gasteiger partial charge in [-0.05, 0) is 24.0 Å². The third kappa shape index (κ3) is 3.78. The summed E-state index contributed by atoms with van der Waals surface area (Å²) < 4.78 is 0. The number of anilines is 1. The molecule has 1 aromatic heterocycles. The van der Waals surface area contributed by atoms with Crippen LogP contribution in [0.3, 0.4) is 0 Å². The van der Waals surface area contributed by atoms with Crippen LogP contribution in [0.5, 0.6) is 0 Å². The highest BCUT2D eigenvalue weighted by atomic mass is 16.6. The lowest BCUT2D eigenvalue weighted by atomic mass is 10.0. The van der Waals surface area contributed by atoms with E-state index in [2.05, 4.69) is 48.4 Å². The van der Waals surface area contributed by atoms with Gasteiger partial charge in [0.25, 0.3) is 5.69 Å². The molecule has 1 heterocycles. The van der Waals surface area contributed by atoms with Crippen LogP contribution in [-0.2, 0) is 6.54 Å². The number of nitrogens with one attached hydrogen (secondary N) is 1. The third-order valence-corrected chi connectivity index (χ3v) is 3.39. The lowest BCUT2D eigenvalue weighted by molar-refractivity contribution is -0.385. The van der Waals surface area contributed by atoms with Crippen LogP contribution in [-0.4, -0.2) is 9.91 Å². The van der Waals surface area contributed by atoms with Gasteiger partial charge >= 0.3 is 0 Å². The third-order valence-electron chi connectivity index (χ3n) is 3.39. The van der Waals surface area contributed by atoms with E-state index >= 15 is 0 Å². The lowest BCUT2D eigenvalue weighted by Crippen LogP contribution is -2.03. The zero-order chi connectivity index (χ0) is 15.4. The maximum absolute atomic E-state index is 10.9. The number of rotatable bonds is 5. The summed E-state index contributed by atoms with van der Waals surface area (Å²) in [7, 11) is 0. The van der Waals surface area contributed by atoms with Crippen LogP contribution in [0.1, 0.15) is 36.5 Å². The maximum Gasteiger partial charge on any atom is 0.277 e. The molecule has 0 aliphatic rings. The highest BCUT2D eigenvalue weighted by Crippen LogP contribution is 2.20. The SMILES string of the molecule is Cc1cnc(NCc2ccc(C(C)C)cc2)cc1[N+](=O)[O-]. The summed E-state index contributed by atoms with van der Waals surface area (Å²) in [6.45, 7) is 6.58. The fraction of sp³-hybridized carbons (Fsp3) is 0.312. The van der Waals surface area contributed by atoms with Crippen LogP contribution in [0.25, 0.3) is 0 Å². The first-order chi connectivity index (χ1) is 9.97. The standard InChI is InChI=1S/C16H19N3O2/c1-11(2)14-6-4-13(5-7-14)10-18-16-8-15(19(20)21)12(3)9-17-16/h4-9,11H,10H2,1-3H3,(H,17,18). The molecule has 0 aliphatic carbocycles. The number of aryl methyl sites for hydroxylation is 1. The smallest absolute Gasteiger partial charge is 0.277 e. The van der Waals surface area contributed by atoms with Gasteiger partial charge in [0.2, 0.25) is 0 Å². The minimum Gasteiger partial charge on any atom is -0.366 e. The van der Waals surface area contributed by atoms with E-state index in [1.165, 1.54) is 17.8 Å². The fourth-order valence-corrected chi connectivity index (χ4v) is 2.02. The minimum atomic E-state index is -0.389. The first-order valence-electron chi connectivity index (χ1n) is 6.91. The predicted octanol–water partition coefficient (Wildman–Crippen LogP) is 4.03. The van der Waals surface area contributed by atoms with Crippen LogP contribution in [0.15, 0.2) is 36.5 Å². The molecule has 0 bridgehead atoms. The van der Waals surface area contributed by atoms with E-state index in [0.29, 0.717) is 23.8 Å². The molecule has 1 N–H and O–H groups in total. The molecule has 0 saturated carbocycles. The highest BCUT2D eigenvalue weighted by Gasteiger charge is 2.11. The van der Waals surface area contributed by atoms with Crippen molar-refractivity contribution in [3.8, 4) is 0 Å². The van der Waals surface area contributed by atoms with Gasteiger partial charge in [0.1, 0.15) is 5.82 Å². The zero-order valence-corrected chi connectivity index (χ0v) is 12.5. The normalized spacial score (nSPS) is 10.7. The molecule has 5 heteroatoms. The second kappa shape index (κ2) is 6.35. The van der Waals surface area contributed by atoms with Gasteiger partial charge in [0.15, 0.2) is 0 Å². The Balaban J connectivity index is 2.06. The van der Waals surface area contributed by atoms with E-state index in [9.17, 15) is 10.1 Å². The summed E-state index contributed by atoms with van der Waals surface area (Å²) in [5, 5.41) is 14.0. The molecule has 21 heavy (non-hydrogen) atoms. The topological polar surface area (TPSA) is 68.1 Å². The average Bonchev–Trinajstić information content (AvgIpc) is 2.46. The first-order valence-corrected chi connectivity index (χ1v) is 6.91. The molecule has 0 unspecified atom stereocenters. The van der Waals surface area contributed by atoms with Gasteiger partial charge in [-0.25, -0.2) is 4.98 Å². The van der Waals surface area contributed by atoms with Crippen molar-refractivity contribution < 1.29 is 4.92 Å². The molecule has 0 spiro atoms. The average molecular weight is 285 g/mol. The van der Waals surface area contributed by atoms with E-state index < -0.39 is 0 Å². The fourth-order valence-electron chi connectivity index (χ4n) is 2.02. The molecule has 0 amide bonds. The minimum absolute atomic E-state index is 0.0858. The van der Waals surface area contributed by atoms with Crippen molar-refractivity contribution in [1.82, 2.24) is 4.98 Å². The molecule has 0 fully saturated rings. The van der Waals surface area contributed by atoms with Gasteiger partial charge in [-0.3, -0.25) is 10.1 Å². The Morgan fingerprint density at radius 2 is 1.95 bits per heavy atom. The second-order valence-electron chi connectivity index (χ2n) is 5.36. The van der Waals surface area contributed by atoms with Crippen LogP contribution in [0.4, 0.5) is 11.5 Å². The zero-order valence-electron chi connectivity index (χ0n) is 12.5. The molecule has 0 saturated heterocycles. The Bertz CT molecular complexity index is 636. The Labute approximate surface area is 124 Å². The molecular formula is C16H19N3O2. The number of benzene rings is 1. The van der Waals surface area contributed by atoms with Gasteiger partial charge < -0.3 is 5.32 Å². The quantitative estimate of drug-likeness (QED) is 0.665. The number of nitro groups is 1. The van der Waals surface area contributed by atoms with E-state index in [-0.39, 0.29) is 10.6 Å². The van der Waals surface area contributed by atoms with Gasteiger partial charge in [0.05, 0.1) is 11.0 Å². The summed E-state index contributed by atoms with van der Waals surface area (Å²) >= 11 is 0. The molecule has 110 valence electrons. The van der Waals surface area contributed by atoms with Crippen LogP contribution in [0, 0.1) is 17.0 Å². The van der Waals surface area contributed by atoms with Crippen molar-refractivity contribution in [3.63, 3.8) is 0 Å². The predicted molar refractivity (Wildman–Crippen MR) is 83.5 cm³/mol. The van der Waals surface area contributed by atoms with Crippen molar-refractivity contribution in [2.45, 2.75) is 33.2 Å². The van der Waals surface area contributed by atoms with E-state index in [0.717, 1.165) is 5.56 Å². The molecule has 0 aliphatic heterocycles. The molecule has 0 atom stereocenters. The number of aromatic nitrogens is 1. The van der Waals surface area contributed by atoms with Crippen molar-refractivity contribution in [2.75, 3.05) is 5.32 Å². The Morgan fingerprint density at radius 3 is 2.52 bits per heavy atom. The summed E-state index contributed by atoms with van der Waals surface area (Å²) in [5.41, 5.74) is 3.06. The molecule has 0 radical (unpaired) electrons.